The van der Waals surface area contributed by atoms with Crippen molar-refractivity contribution in [3.05, 3.63) is 0 Å². The molecule has 0 spiro atoms. The Morgan fingerprint density at radius 1 is 1.40 bits per heavy atom. The SMILES string of the molecule is [O]CC#CCOCC1CC1. The van der Waals surface area contributed by atoms with Gasteiger partial charge in [0.15, 0.2) is 0 Å². The van der Waals surface area contributed by atoms with Gasteiger partial charge in [0.05, 0.1) is 6.61 Å². The summed E-state index contributed by atoms with van der Waals surface area (Å²) in [6, 6.07) is 0. The van der Waals surface area contributed by atoms with E-state index in [-0.39, 0.29) is 6.61 Å². The van der Waals surface area contributed by atoms with Crippen LogP contribution in [0, 0.1) is 17.8 Å². The van der Waals surface area contributed by atoms with Crippen molar-refractivity contribution < 1.29 is 9.84 Å². The molecule has 0 amide bonds. The molecule has 1 radical (unpaired) electrons. The summed E-state index contributed by atoms with van der Waals surface area (Å²) < 4.78 is 5.15. The summed E-state index contributed by atoms with van der Waals surface area (Å²) in [4.78, 5) is 0. The van der Waals surface area contributed by atoms with Gasteiger partial charge >= 0.3 is 0 Å². The molecule has 1 aliphatic carbocycles. The molecule has 1 aliphatic rings. The molecule has 1 fully saturated rings. The van der Waals surface area contributed by atoms with E-state index in [2.05, 4.69) is 11.8 Å². The lowest BCUT2D eigenvalue weighted by molar-refractivity contribution is 0.155. The van der Waals surface area contributed by atoms with Crippen LogP contribution in [0.5, 0.6) is 0 Å². The minimum Gasteiger partial charge on any atom is -0.368 e. The van der Waals surface area contributed by atoms with Crippen LogP contribution in [0.15, 0.2) is 0 Å². The molecule has 10 heavy (non-hydrogen) atoms. The quantitative estimate of drug-likeness (QED) is 0.421. The molecular formula is C8H11O2. The Hall–Kier alpha value is -0.520. The molecule has 0 aromatic rings. The molecule has 1 rings (SSSR count). The van der Waals surface area contributed by atoms with Crippen LogP contribution in [0.1, 0.15) is 12.8 Å². The third-order valence-corrected chi connectivity index (χ3v) is 1.42. The molecule has 2 nitrogen and oxygen atoms in total. The van der Waals surface area contributed by atoms with Crippen LogP contribution in [0.2, 0.25) is 0 Å². The zero-order chi connectivity index (χ0) is 7.23. The van der Waals surface area contributed by atoms with Gasteiger partial charge in [0.1, 0.15) is 13.2 Å². The summed E-state index contributed by atoms with van der Waals surface area (Å²) >= 11 is 0. The molecule has 1 saturated carbocycles. The first-order valence-electron chi connectivity index (χ1n) is 3.55. The van der Waals surface area contributed by atoms with E-state index in [4.69, 9.17) is 4.74 Å². The van der Waals surface area contributed by atoms with Gasteiger partial charge in [-0.15, -0.1) is 0 Å². The first-order chi connectivity index (χ1) is 4.93. The fourth-order valence-corrected chi connectivity index (χ4v) is 0.663. The third kappa shape index (κ3) is 3.49. The van der Waals surface area contributed by atoms with Crippen LogP contribution in [-0.4, -0.2) is 19.8 Å². The van der Waals surface area contributed by atoms with E-state index >= 15 is 0 Å². The summed E-state index contributed by atoms with van der Waals surface area (Å²) in [7, 11) is 0. The van der Waals surface area contributed by atoms with Crippen LogP contribution < -0.4 is 0 Å². The number of rotatable bonds is 3. The Balaban J connectivity index is 1.84. The van der Waals surface area contributed by atoms with Crippen LogP contribution in [-0.2, 0) is 9.84 Å². The minimum absolute atomic E-state index is 0.313. The number of hydrogen-bond donors (Lipinski definition) is 0. The molecule has 0 aromatic heterocycles. The zero-order valence-electron chi connectivity index (χ0n) is 5.93. The van der Waals surface area contributed by atoms with Gasteiger partial charge in [-0.25, -0.2) is 5.11 Å². The van der Waals surface area contributed by atoms with Gasteiger partial charge in [-0.3, -0.25) is 0 Å². The van der Waals surface area contributed by atoms with Crippen LogP contribution in [0.25, 0.3) is 0 Å². The largest absolute Gasteiger partial charge is 0.368 e. The highest BCUT2D eigenvalue weighted by Crippen LogP contribution is 2.28. The maximum absolute atomic E-state index is 9.81. The zero-order valence-corrected chi connectivity index (χ0v) is 5.93. The predicted octanol–water partition coefficient (Wildman–Crippen LogP) is 0.847. The van der Waals surface area contributed by atoms with Crippen molar-refractivity contribution in [2.75, 3.05) is 19.8 Å². The molecule has 0 aromatic carbocycles. The van der Waals surface area contributed by atoms with Crippen molar-refractivity contribution in [2.24, 2.45) is 5.92 Å². The average Bonchev–Trinajstić information content (AvgIpc) is 2.71. The van der Waals surface area contributed by atoms with Crippen molar-refractivity contribution in [1.82, 2.24) is 0 Å². The summed E-state index contributed by atoms with van der Waals surface area (Å²) in [6.07, 6.45) is 2.60. The highest BCUT2D eigenvalue weighted by atomic mass is 16.5. The summed E-state index contributed by atoms with van der Waals surface area (Å²) in [6.45, 7) is 0.944. The van der Waals surface area contributed by atoms with Crippen molar-refractivity contribution >= 4 is 0 Å². The molecule has 0 heterocycles. The van der Waals surface area contributed by atoms with Crippen molar-refractivity contribution in [3.8, 4) is 11.8 Å². The normalized spacial score (nSPS) is 16.1. The Labute approximate surface area is 61.2 Å². The molecular weight excluding hydrogens is 128 g/mol. The molecule has 0 unspecified atom stereocenters. The first kappa shape index (κ1) is 7.59. The maximum atomic E-state index is 9.81. The topological polar surface area (TPSA) is 29.1 Å². The second kappa shape index (κ2) is 4.32. The fraction of sp³-hybridized carbons (Fsp3) is 0.750. The molecule has 0 saturated heterocycles. The predicted molar refractivity (Wildman–Crippen MR) is 36.9 cm³/mol. The van der Waals surface area contributed by atoms with E-state index < -0.39 is 0 Å². The van der Waals surface area contributed by atoms with Gasteiger partial charge < -0.3 is 4.74 Å². The van der Waals surface area contributed by atoms with Crippen molar-refractivity contribution in [2.45, 2.75) is 12.8 Å². The lowest BCUT2D eigenvalue weighted by atomic mass is 10.5. The van der Waals surface area contributed by atoms with E-state index in [0.29, 0.717) is 6.61 Å². The Morgan fingerprint density at radius 2 is 2.20 bits per heavy atom. The van der Waals surface area contributed by atoms with Gasteiger partial charge in [0.2, 0.25) is 0 Å². The Morgan fingerprint density at radius 3 is 2.80 bits per heavy atom. The maximum Gasteiger partial charge on any atom is 0.143 e. The van der Waals surface area contributed by atoms with Crippen LogP contribution in [0.3, 0.4) is 0 Å². The minimum atomic E-state index is -0.313. The van der Waals surface area contributed by atoms with E-state index in [9.17, 15) is 5.11 Å². The first-order valence-corrected chi connectivity index (χ1v) is 3.55. The lowest BCUT2D eigenvalue weighted by Gasteiger charge is -1.93. The summed E-state index contributed by atoms with van der Waals surface area (Å²) in [5, 5.41) is 9.81. The molecule has 0 aliphatic heterocycles. The van der Waals surface area contributed by atoms with Gasteiger partial charge in [-0.2, -0.15) is 0 Å². The highest BCUT2D eigenvalue weighted by molar-refractivity contribution is 4.98. The van der Waals surface area contributed by atoms with Crippen LogP contribution in [0.4, 0.5) is 0 Å². The molecule has 55 valence electrons. The molecule has 2 heteroatoms. The standard InChI is InChI=1S/C8H11O2/c9-5-1-2-6-10-7-8-3-4-8/h8H,3-7H2. The second-order valence-corrected chi connectivity index (χ2v) is 2.46. The van der Waals surface area contributed by atoms with E-state index in [1.807, 2.05) is 0 Å². The van der Waals surface area contributed by atoms with Crippen molar-refractivity contribution in [1.29, 1.82) is 0 Å². The smallest absolute Gasteiger partial charge is 0.143 e. The fourth-order valence-electron chi connectivity index (χ4n) is 0.663. The summed E-state index contributed by atoms with van der Waals surface area (Å²) in [5.74, 6) is 5.83. The molecule has 0 N–H and O–H groups in total. The highest BCUT2D eigenvalue weighted by Gasteiger charge is 2.20. The molecule has 0 atom stereocenters. The van der Waals surface area contributed by atoms with Gasteiger partial charge in [0, 0.05) is 0 Å². The average molecular weight is 139 g/mol. The van der Waals surface area contributed by atoms with Crippen LogP contribution >= 0.6 is 0 Å². The molecule has 0 bridgehead atoms. The van der Waals surface area contributed by atoms with E-state index in [1.54, 1.807) is 0 Å². The lowest BCUT2D eigenvalue weighted by Crippen LogP contribution is -1.95. The Kier molecular flexibility index (Phi) is 3.28. The number of hydrogen-bond acceptors (Lipinski definition) is 1. The number of ether oxygens (including phenoxy) is 1. The third-order valence-electron chi connectivity index (χ3n) is 1.42. The van der Waals surface area contributed by atoms with Crippen molar-refractivity contribution in [3.63, 3.8) is 0 Å². The van der Waals surface area contributed by atoms with E-state index in [0.717, 1.165) is 12.5 Å². The second-order valence-electron chi connectivity index (χ2n) is 2.46. The van der Waals surface area contributed by atoms with Gasteiger partial charge in [-0.05, 0) is 18.8 Å². The summed E-state index contributed by atoms with van der Waals surface area (Å²) in [5.41, 5.74) is 0. The van der Waals surface area contributed by atoms with Gasteiger partial charge in [-0.1, -0.05) is 11.8 Å². The van der Waals surface area contributed by atoms with E-state index in [1.165, 1.54) is 12.8 Å². The Bertz CT molecular complexity index is 139. The van der Waals surface area contributed by atoms with Gasteiger partial charge in [0.25, 0.3) is 0 Å². The monoisotopic (exact) mass is 139 g/mol.